The van der Waals surface area contributed by atoms with Crippen molar-refractivity contribution in [3.05, 3.63) is 33.8 Å². The fourth-order valence-electron chi connectivity index (χ4n) is 4.78. The maximum absolute atomic E-state index is 9.91. The highest BCUT2D eigenvalue weighted by molar-refractivity contribution is 6.42. The van der Waals surface area contributed by atoms with Gasteiger partial charge in [-0.2, -0.15) is 0 Å². The zero-order valence-electron chi connectivity index (χ0n) is 11.3. The Labute approximate surface area is 129 Å². The lowest BCUT2D eigenvalue weighted by atomic mass is 9.60. The summed E-state index contributed by atoms with van der Waals surface area (Å²) in [6.45, 7) is 1.52. The molecule has 4 heteroatoms. The first kappa shape index (κ1) is 13.4. The molecule has 20 heavy (non-hydrogen) atoms. The van der Waals surface area contributed by atoms with E-state index in [9.17, 15) is 5.11 Å². The fourth-order valence-corrected chi connectivity index (χ4v) is 5.08. The van der Waals surface area contributed by atoms with Crippen LogP contribution >= 0.6 is 23.2 Å². The Balaban J connectivity index is 1.68. The molecule has 0 radical (unpaired) electrons. The molecule has 4 heterocycles. The molecule has 0 spiro atoms. The second-order valence-corrected chi connectivity index (χ2v) is 7.36. The number of halogens is 2. The molecule has 1 aromatic rings. The number of hydrogen-bond acceptors (Lipinski definition) is 2. The second kappa shape index (κ2) is 4.88. The maximum Gasteiger partial charge on any atom is 0.0595 e. The minimum atomic E-state index is 0.273. The van der Waals surface area contributed by atoms with Gasteiger partial charge in [0, 0.05) is 31.2 Å². The van der Waals surface area contributed by atoms with Gasteiger partial charge in [0.15, 0.2) is 0 Å². The van der Waals surface area contributed by atoms with Crippen molar-refractivity contribution >= 4 is 23.2 Å². The number of piperidine rings is 3. The van der Waals surface area contributed by atoms with E-state index in [1.165, 1.54) is 24.9 Å². The van der Waals surface area contributed by atoms with E-state index < -0.39 is 0 Å². The molecular weight excluding hydrogens is 293 g/mol. The van der Waals surface area contributed by atoms with Crippen LogP contribution in [0.1, 0.15) is 30.7 Å². The van der Waals surface area contributed by atoms with Crippen LogP contribution in [0.3, 0.4) is 0 Å². The van der Waals surface area contributed by atoms with Crippen molar-refractivity contribution in [1.29, 1.82) is 0 Å². The van der Waals surface area contributed by atoms with Crippen molar-refractivity contribution in [1.82, 2.24) is 4.90 Å². The van der Waals surface area contributed by atoms with Crippen molar-refractivity contribution in [2.45, 2.75) is 37.3 Å². The molecule has 5 rings (SSSR count). The average molecular weight is 312 g/mol. The number of hydrogen-bond donors (Lipinski definition) is 1. The lowest BCUT2D eigenvalue weighted by molar-refractivity contribution is -0.145. The largest absolute Gasteiger partial charge is 0.396 e. The molecule has 4 aliphatic rings. The molecule has 4 bridgehead atoms. The molecular formula is C16H19Cl2NO. The molecule has 1 aromatic carbocycles. The molecule has 4 saturated heterocycles. The molecule has 108 valence electrons. The van der Waals surface area contributed by atoms with Crippen LogP contribution in [0.15, 0.2) is 18.2 Å². The van der Waals surface area contributed by atoms with Crippen LogP contribution < -0.4 is 0 Å². The van der Waals surface area contributed by atoms with Gasteiger partial charge in [-0.1, -0.05) is 29.3 Å². The Morgan fingerprint density at radius 2 is 2.05 bits per heavy atom. The smallest absolute Gasteiger partial charge is 0.0595 e. The molecule has 0 aromatic heterocycles. The molecule has 0 saturated carbocycles. The summed E-state index contributed by atoms with van der Waals surface area (Å²) < 4.78 is 0. The van der Waals surface area contributed by atoms with Gasteiger partial charge in [0.05, 0.1) is 10.0 Å². The molecule has 0 aliphatic carbocycles. The normalized spacial score (nSPS) is 42.1. The highest BCUT2D eigenvalue weighted by Gasteiger charge is 2.55. The first-order valence-corrected chi connectivity index (χ1v) is 8.26. The summed E-state index contributed by atoms with van der Waals surface area (Å²) in [5, 5.41) is 11.1. The number of fused-ring (bicyclic) bond motifs is 1. The predicted octanol–water partition coefficient (Wildman–Crippen LogP) is 3.55. The van der Waals surface area contributed by atoms with Gasteiger partial charge in [-0.25, -0.2) is 0 Å². The summed E-state index contributed by atoms with van der Waals surface area (Å²) in [5.74, 6) is 1.57. The maximum atomic E-state index is 9.91. The zero-order valence-corrected chi connectivity index (χ0v) is 12.8. The van der Waals surface area contributed by atoms with Crippen LogP contribution in [0, 0.1) is 11.8 Å². The Kier molecular flexibility index (Phi) is 3.26. The third-order valence-corrected chi connectivity index (χ3v) is 6.45. The van der Waals surface area contributed by atoms with Crippen LogP contribution in [-0.4, -0.2) is 35.2 Å². The zero-order chi connectivity index (χ0) is 13.9. The van der Waals surface area contributed by atoms with E-state index in [1.54, 1.807) is 0 Å². The van der Waals surface area contributed by atoms with Gasteiger partial charge in [0.1, 0.15) is 0 Å². The minimum absolute atomic E-state index is 0.273. The number of aliphatic hydroxyl groups excluding tert-OH is 1. The third kappa shape index (κ3) is 1.85. The number of aliphatic hydroxyl groups is 1. The van der Waals surface area contributed by atoms with Crippen LogP contribution in [0.2, 0.25) is 10.0 Å². The molecule has 2 unspecified atom stereocenters. The van der Waals surface area contributed by atoms with Crippen LogP contribution in [-0.2, 0) is 0 Å². The van der Waals surface area contributed by atoms with Gasteiger partial charge in [-0.15, -0.1) is 0 Å². The summed E-state index contributed by atoms with van der Waals surface area (Å²) in [4.78, 5) is 2.63. The number of nitrogens with zero attached hydrogens (tertiary/aromatic N) is 1. The van der Waals surface area contributed by atoms with Crippen molar-refractivity contribution in [3.63, 3.8) is 0 Å². The summed E-state index contributed by atoms with van der Waals surface area (Å²) >= 11 is 12.2. The summed E-state index contributed by atoms with van der Waals surface area (Å²) in [6.07, 6.45) is 3.81. The molecule has 1 N–H and O–H groups in total. The molecule has 2 nitrogen and oxygen atoms in total. The molecule has 4 fully saturated rings. The standard InChI is InChI=1S/C16H19Cl2NO/c17-14-4-2-9(5-15(14)18)12-6-11-3-1-10-7-19(11)16(10)13(12)8-20/h2,4-5,10-13,16,20H,1,3,6-8H2/t10?,11-,12+,13+,16+/m0/s1. The van der Waals surface area contributed by atoms with Crippen molar-refractivity contribution in [2.24, 2.45) is 11.8 Å². The first-order chi connectivity index (χ1) is 9.69. The van der Waals surface area contributed by atoms with Crippen molar-refractivity contribution in [2.75, 3.05) is 13.2 Å². The third-order valence-electron chi connectivity index (χ3n) is 5.72. The van der Waals surface area contributed by atoms with Gasteiger partial charge in [0.2, 0.25) is 0 Å². The first-order valence-electron chi connectivity index (χ1n) is 7.50. The van der Waals surface area contributed by atoms with Gasteiger partial charge in [-0.3, -0.25) is 4.90 Å². The predicted molar refractivity (Wildman–Crippen MR) is 81.4 cm³/mol. The number of rotatable bonds is 2. The Bertz CT molecular complexity index is 533. The Morgan fingerprint density at radius 3 is 2.75 bits per heavy atom. The fraction of sp³-hybridized carbons (Fsp3) is 0.625. The highest BCUT2D eigenvalue weighted by atomic mass is 35.5. The number of benzene rings is 1. The summed E-state index contributed by atoms with van der Waals surface area (Å²) in [7, 11) is 0. The van der Waals surface area contributed by atoms with Crippen molar-refractivity contribution in [3.8, 4) is 0 Å². The molecule has 4 aliphatic heterocycles. The Morgan fingerprint density at radius 1 is 1.20 bits per heavy atom. The molecule has 0 amide bonds. The molecule has 6 atom stereocenters. The quantitative estimate of drug-likeness (QED) is 0.903. The topological polar surface area (TPSA) is 23.5 Å². The summed E-state index contributed by atoms with van der Waals surface area (Å²) in [6, 6.07) is 7.26. The van der Waals surface area contributed by atoms with Gasteiger partial charge < -0.3 is 5.11 Å². The van der Waals surface area contributed by atoms with E-state index in [0.29, 0.717) is 34.0 Å². The minimum Gasteiger partial charge on any atom is -0.396 e. The second-order valence-electron chi connectivity index (χ2n) is 6.54. The van der Waals surface area contributed by atoms with E-state index in [0.717, 1.165) is 12.3 Å². The van der Waals surface area contributed by atoms with Gasteiger partial charge in [0.25, 0.3) is 0 Å². The highest BCUT2D eigenvalue weighted by Crippen LogP contribution is 2.53. The van der Waals surface area contributed by atoms with Gasteiger partial charge in [-0.05, 0) is 48.8 Å². The van der Waals surface area contributed by atoms with E-state index in [-0.39, 0.29) is 6.61 Å². The monoisotopic (exact) mass is 311 g/mol. The SMILES string of the molecule is OC[C@@H]1[C@@H](c2ccc(Cl)c(Cl)c2)C[C@@H]2CCC3CN2[C@H]31. The van der Waals surface area contributed by atoms with E-state index in [1.807, 2.05) is 12.1 Å². The Hall–Kier alpha value is -0.280. The van der Waals surface area contributed by atoms with Crippen LogP contribution in [0.25, 0.3) is 0 Å². The lowest BCUT2D eigenvalue weighted by Crippen LogP contribution is -2.70. The summed E-state index contributed by atoms with van der Waals surface area (Å²) in [5.41, 5.74) is 1.25. The van der Waals surface area contributed by atoms with Crippen molar-refractivity contribution < 1.29 is 5.11 Å². The van der Waals surface area contributed by atoms with Gasteiger partial charge >= 0.3 is 0 Å². The average Bonchev–Trinajstić information content (AvgIpc) is 2.44. The van der Waals surface area contributed by atoms with E-state index >= 15 is 0 Å². The van der Waals surface area contributed by atoms with E-state index in [4.69, 9.17) is 23.2 Å². The van der Waals surface area contributed by atoms with E-state index in [2.05, 4.69) is 11.0 Å². The lowest BCUT2D eigenvalue weighted by Gasteiger charge is -2.64. The van der Waals surface area contributed by atoms with Crippen LogP contribution in [0.5, 0.6) is 0 Å². The van der Waals surface area contributed by atoms with Crippen LogP contribution in [0.4, 0.5) is 0 Å².